The lowest BCUT2D eigenvalue weighted by Gasteiger charge is -2.26. The minimum absolute atomic E-state index is 1.05. The molecule has 0 bridgehead atoms. The Kier molecular flexibility index (Phi) is 7.52. The number of thiophene rings is 1. The summed E-state index contributed by atoms with van der Waals surface area (Å²) in [6.07, 6.45) is 9.80. The summed E-state index contributed by atoms with van der Waals surface area (Å²) in [5.74, 6) is 0. The van der Waals surface area contributed by atoms with Crippen LogP contribution in [-0.4, -0.2) is 31.1 Å². The van der Waals surface area contributed by atoms with Gasteiger partial charge in [-0.3, -0.25) is 0 Å². The summed E-state index contributed by atoms with van der Waals surface area (Å²) in [6, 6.07) is 4.33. The van der Waals surface area contributed by atoms with Gasteiger partial charge in [0.1, 0.15) is 0 Å². The first-order valence-corrected chi connectivity index (χ1v) is 8.78. The molecule has 2 rings (SSSR count). The maximum absolute atomic E-state index is 3.53. The van der Waals surface area contributed by atoms with Crippen LogP contribution in [0.2, 0.25) is 0 Å². The number of nitrogens with one attached hydrogen (secondary N) is 1. The maximum atomic E-state index is 3.53. The van der Waals surface area contributed by atoms with Gasteiger partial charge in [-0.05, 0) is 63.3 Å². The lowest BCUT2D eigenvalue weighted by Crippen LogP contribution is -2.30. The first kappa shape index (κ1) is 15.0. The van der Waals surface area contributed by atoms with E-state index in [1.54, 1.807) is 0 Å². The molecule has 1 saturated heterocycles. The predicted molar refractivity (Wildman–Crippen MR) is 84.8 cm³/mol. The van der Waals surface area contributed by atoms with Crippen LogP contribution in [0, 0.1) is 0 Å². The Labute approximate surface area is 122 Å². The van der Waals surface area contributed by atoms with E-state index < -0.39 is 0 Å². The second-order valence-corrected chi connectivity index (χ2v) is 6.60. The highest BCUT2D eigenvalue weighted by atomic mass is 32.1. The van der Waals surface area contributed by atoms with E-state index in [2.05, 4.69) is 27.7 Å². The lowest BCUT2D eigenvalue weighted by molar-refractivity contribution is 0.224. The molecule has 1 aliphatic rings. The van der Waals surface area contributed by atoms with Gasteiger partial charge in [0.25, 0.3) is 0 Å². The standard InChI is InChI=1S/C16H28N2S/c1(2-5-11-18-12-6-3-7-13-18)4-10-17-15-16-9-8-14-19-16/h8-9,14,17H,1-7,10-13,15H2. The van der Waals surface area contributed by atoms with Crippen molar-refractivity contribution in [2.24, 2.45) is 0 Å². The molecule has 1 aliphatic heterocycles. The van der Waals surface area contributed by atoms with Gasteiger partial charge in [0, 0.05) is 11.4 Å². The third-order valence-electron chi connectivity index (χ3n) is 3.91. The molecule has 0 radical (unpaired) electrons. The number of unbranched alkanes of at least 4 members (excludes halogenated alkanes) is 3. The fourth-order valence-electron chi connectivity index (χ4n) is 2.75. The molecule has 3 heteroatoms. The van der Waals surface area contributed by atoms with Crippen LogP contribution in [0.15, 0.2) is 17.5 Å². The first-order chi connectivity index (χ1) is 9.45. The second kappa shape index (κ2) is 9.51. The smallest absolute Gasteiger partial charge is 0.0299 e. The van der Waals surface area contributed by atoms with Gasteiger partial charge in [0.2, 0.25) is 0 Å². The van der Waals surface area contributed by atoms with Gasteiger partial charge in [-0.25, -0.2) is 0 Å². The molecule has 1 fully saturated rings. The molecule has 1 aromatic heterocycles. The number of likely N-dealkylation sites (tertiary alicyclic amines) is 1. The Balaban J connectivity index is 1.36. The molecular formula is C16H28N2S. The van der Waals surface area contributed by atoms with Crippen molar-refractivity contribution in [2.45, 2.75) is 51.5 Å². The van der Waals surface area contributed by atoms with Crippen LogP contribution in [0.3, 0.4) is 0 Å². The maximum Gasteiger partial charge on any atom is 0.0299 e. The number of nitrogens with zero attached hydrogens (tertiary/aromatic N) is 1. The summed E-state index contributed by atoms with van der Waals surface area (Å²) in [4.78, 5) is 4.10. The van der Waals surface area contributed by atoms with E-state index in [9.17, 15) is 0 Å². The molecule has 0 aliphatic carbocycles. The third kappa shape index (κ3) is 6.55. The largest absolute Gasteiger partial charge is 0.312 e. The van der Waals surface area contributed by atoms with Gasteiger partial charge < -0.3 is 10.2 Å². The highest BCUT2D eigenvalue weighted by Crippen LogP contribution is 2.10. The zero-order valence-corrected chi connectivity index (χ0v) is 12.9. The van der Waals surface area contributed by atoms with Crippen molar-refractivity contribution in [1.29, 1.82) is 0 Å². The Morgan fingerprint density at radius 2 is 1.89 bits per heavy atom. The zero-order valence-electron chi connectivity index (χ0n) is 12.1. The average Bonchev–Trinajstić information content (AvgIpc) is 2.96. The number of hydrogen-bond acceptors (Lipinski definition) is 3. The number of piperidine rings is 1. The molecule has 0 spiro atoms. The van der Waals surface area contributed by atoms with Crippen LogP contribution in [0.1, 0.15) is 49.8 Å². The van der Waals surface area contributed by atoms with Crippen molar-refractivity contribution < 1.29 is 0 Å². The normalized spacial score (nSPS) is 16.8. The van der Waals surface area contributed by atoms with Crippen LogP contribution < -0.4 is 5.32 Å². The molecule has 2 heterocycles. The van der Waals surface area contributed by atoms with E-state index in [1.165, 1.54) is 76.0 Å². The van der Waals surface area contributed by atoms with Crippen LogP contribution in [0.25, 0.3) is 0 Å². The van der Waals surface area contributed by atoms with E-state index in [4.69, 9.17) is 0 Å². The Morgan fingerprint density at radius 3 is 2.68 bits per heavy atom. The van der Waals surface area contributed by atoms with Gasteiger partial charge in [0.15, 0.2) is 0 Å². The van der Waals surface area contributed by atoms with Crippen molar-refractivity contribution >= 4 is 11.3 Å². The summed E-state index contributed by atoms with van der Waals surface area (Å²) in [6.45, 7) is 6.25. The minimum Gasteiger partial charge on any atom is -0.312 e. The van der Waals surface area contributed by atoms with Crippen molar-refractivity contribution in [3.05, 3.63) is 22.4 Å². The number of rotatable bonds is 9. The predicted octanol–water partition coefficient (Wildman–Crippen LogP) is 3.88. The first-order valence-electron chi connectivity index (χ1n) is 7.90. The molecule has 0 amide bonds. The lowest BCUT2D eigenvalue weighted by atomic mass is 10.1. The minimum atomic E-state index is 1.05. The van der Waals surface area contributed by atoms with E-state index in [1.807, 2.05) is 11.3 Å². The van der Waals surface area contributed by atoms with Gasteiger partial charge in [0.05, 0.1) is 0 Å². The SMILES string of the molecule is c1csc(CNCCCCCCN2CCCCC2)c1. The van der Waals surface area contributed by atoms with Gasteiger partial charge in [-0.1, -0.05) is 25.3 Å². The Hall–Kier alpha value is -0.380. The van der Waals surface area contributed by atoms with Crippen LogP contribution in [-0.2, 0) is 6.54 Å². The molecule has 1 N–H and O–H groups in total. The zero-order chi connectivity index (χ0) is 13.2. The highest BCUT2D eigenvalue weighted by Gasteiger charge is 2.08. The van der Waals surface area contributed by atoms with Crippen molar-refractivity contribution in [3.8, 4) is 0 Å². The van der Waals surface area contributed by atoms with Crippen molar-refractivity contribution in [1.82, 2.24) is 10.2 Å². The molecule has 0 unspecified atom stereocenters. The van der Waals surface area contributed by atoms with E-state index >= 15 is 0 Å². The molecule has 2 nitrogen and oxygen atoms in total. The fraction of sp³-hybridized carbons (Fsp3) is 0.750. The molecule has 1 aromatic rings. The Morgan fingerprint density at radius 1 is 1.05 bits per heavy atom. The van der Waals surface area contributed by atoms with Crippen LogP contribution in [0.5, 0.6) is 0 Å². The molecular weight excluding hydrogens is 252 g/mol. The third-order valence-corrected chi connectivity index (χ3v) is 4.78. The Bertz CT molecular complexity index is 305. The van der Waals surface area contributed by atoms with Gasteiger partial charge in [-0.2, -0.15) is 0 Å². The summed E-state index contributed by atoms with van der Waals surface area (Å²) in [7, 11) is 0. The van der Waals surface area contributed by atoms with E-state index in [-0.39, 0.29) is 0 Å². The quantitative estimate of drug-likeness (QED) is 0.691. The summed E-state index contributed by atoms with van der Waals surface area (Å²) in [5, 5.41) is 5.68. The van der Waals surface area contributed by atoms with Crippen molar-refractivity contribution in [2.75, 3.05) is 26.2 Å². The van der Waals surface area contributed by atoms with Crippen LogP contribution >= 0.6 is 11.3 Å². The summed E-state index contributed by atoms with van der Waals surface area (Å²) >= 11 is 1.84. The second-order valence-electron chi connectivity index (χ2n) is 5.57. The van der Waals surface area contributed by atoms with Gasteiger partial charge >= 0.3 is 0 Å². The summed E-state index contributed by atoms with van der Waals surface area (Å²) < 4.78 is 0. The molecule has 0 aromatic carbocycles. The average molecular weight is 280 g/mol. The molecule has 0 saturated carbocycles. The molecule has 19 heavy (non-hydrogen) atoms. The van der Waals surface area contributed by atoms with E-state index in [0.29, 0.717) is 0 Å². The molecule has 0 atom stereocenters. The molecule has 108 valence electrons. The van der Waals surface area contributed by atoms with E-state index in [0.717, 1.165) is 6.54 Å². The van der Waals surface area contributed by atoms with Crippen LogP contribution in [0.4, 0.5) is 0 Å². The fourth-order valence-corrected chi connectivity index (χ4v) is 3.42. The topological polar surface area (TPSA) is 15.3 Å². The van der Waals surface area contributed by atoms with Crippen molar-refractivity contribution in [3.63, 3.8) is 0 Å². The number of hydrogen-bond donors (Lipinski definition) is 1. The summed E-state index contributed by atoms with van der Waals surface area (Å²) in [5.41, 5.74) is 0. The van der Waals surface area contributed by atoms with Gasteiger partial charge in [-0.15, -0.1) is 11.3 Å². The monoisotopic (exact) mass is 280 g/mol. The highest BCUT2D eigenvalue weighted by molar-refractivity contribution is 7.09.